The summed E-state index contributed by atoms with van der Waals surface area (Å²) in [5, 5.41) is 2.92. The zero-order chi connectivity index (χ0) is 19.4. The molecule has 0 radical (unpaired) electrons. The predicted octanol–water partition coefficient (Wildman–Crippen LogP) is 3.22. The van der Waals surface area contributed by atoms with Crippen LogP contribution in [0.15, 0.2) is 34.9 Å². The number of halogens is 2. The number of aryl methyl sites for hydroxylation is 2. The van der Waals surface area contributed by atoms with E-state index in [4.69, 9.17) is 4.42 Å². The first-order chi connectivity index (χ1) is 12.9. The SMILES string of the molecule is Cc1occc1C(=O)N1CCC(NC(=O)CCc2cc(F)ccc2F)CC1. The summed E-state index contributed by atoms with van der Waals surface area (Å²) in [6, 6.07) is 4.88. The lowest BCUT2D eigenvalue weighted by Gasteiger charge is -2.32. The number of hydrogen-bond acceptors (Lipinski definition) is 3. The molecule has 27 heavy (non-hydrogen) atoms. The fourth-order valence-electron chi connectivity index (χ4n) is 3.29. The number of hydrogen-bond donors (Lipinski definition) is 1. The van der Waals surface area contributed by atoms with E-state index in [0.29, 0.717) is 37.3 Å². The van der Waals surface area contributed by atoms with Gasteiger partial charge in [-0.15, -0.1) is 0 Å². The summed E-state index contributed by atoms with van der Waals surface area (Å²) in [6.45, 7) is 2.85. The Bertz CT molecular complexity index is 826. The van der Waals surface area contributed by atoms with Crippen LogP contribution in [-0.4, -0.2) is 35.8 Å². The van der Waals surface area contributed by atoms with Gasteiger partial charge in [-0.25, -0.2) is 8.78 Å². The van der Waals surface area contributed by atoms with Gasteiger partial charge in [0.1, 0.15) is 17.4 Å². The Morgan fingerprint density at radius 3 is 2.63 bits per heavy atom. The summed E-state index contributed by atoms with van der Waals surface area (Å²) in [5.74, 6) is -0.691. The van der Waals surface area contributed by atoms with E-state index in [2.05, 4.69) is 5.32 Å². The minimum absolute atomic E-state index is 0.0237. The van der Waals surface area contributed by atoms with Crippen LogP contribution >= 0.6 is 0 Å². The maximum Gasteiger partial charge on any atom is 0.257 e. The smallest absolute Gasteiger partial charge is 0.257 e. The van der Waals surface area contributed by atoms with E-state index in [-0.39, 0.29) is 36.3 Å². The standard InChI is InChI=1S/C20H22F2N2O3/c1-13-17(8-11-27-13)20(26)24-9-6-16(7-10-24)23-19(25)5-2-14-12-15(21)3-4-18(14)22/h3-4,8,11-12,16H,2,5-7,9-10H2,1H3,(H,23,25). The zero-order valence-corrected chi connectivity index (χ0v) is 15.1. The van der Waals surface area contributed by atoms with Gasteiger partial charge in [0.15, 0.2) is 0 Å². The van der Waals surface area contributed by atoms with Crippen LogP contribution in [0.2, 0.25) is 0 Å². The molecule has 1 aliphatic heterocycles. The molecule has 1 saturated heterocycles. The van der Waals surface area contributed by atoms with Crippen LogP contribution in [0.3, 0.4) is 0 Å². The van der Waals surface area contributed by atoms with E-state index < -0.39 is 11.6 Å². The minimum Gasteiger partial charge on any atom is -0.469 e. The number of rotatable bonds is 5. The second-order valence-electron chi connectivity index (χ2n) is 6.76. The Morgan fingerprint density at radius 1 is 1.22 bits per heavy atom. The molecule has 2 heterocycles. The molecule has 2 aromatic rings. The highest BCUT2D eigenvalue weighted by atomic mass is 19.1. The number of amides is 2. The number of nitrogens with zero attached hydrogens (tertiary/aromatic N) is 1. The fraction of sp³-hybridized carbons (Fsp3) is 0.400. The second-order valence-corrected chi connectivity index (χ2v) is 6.76. The van der Waals surface area contributed by atoms with Crippen LogP contribution in [0, 0.1) is 18.6 Å². The molecule has 2 amide bonds. The first-order valence-electron chi connectivity index (χ1n) is 9.00. The zero-order valence-electron chi connectivity index (χ0n) is 15.1. The van der Waals surface area contributed by atoms with Crippen LogP contribution in [-0.2, 0) is 11.2 Å². The van der Waals surface area contributed by atoms with Gasteiger partial charge in [0.2, 0.25) is 5.91 Å². The molecule has 3 rings (SSSR count). The van der Waals surface area contributed by atoms with Crippen molar-refractivity contribution < 1.29 is 22.8 Å². The molecule has 0 bridgehead atoms. The second kappa shape index (κ2) is 8.33. The van der Waals surface area contributed by atoms with Crippen molar-refractivity contribution in [3.8, 4) is 0 Å². The summed E-state index contributed by atoms with van der Waals surface area (Å²) in [7, 11) is 0. The number of nitrogens with one attached hydrogen (secondary N) is 1. The third-order valence-electron chi connectivity index (χ3n) is 4.87. The third-order valence-corrected chi connectivity index (χ3v) is 4.87. The van der Waals surface area contributed by atoms with Gasteiger partial charge in [0.25, 0.3) is 5.91 Å². The highest BCUT2D eigenvalue weighted by Gasteiger charge is 2.26. The summed E-state index contributed by atoms with van der Waals surface area (Å²) >= 11 is 0. The third kappa shape index (κ3) is 4.72. The van der Waals surface area contributed by atoms with Crippen LogP contribution in [0.25, 0.3) is 0 Å². The van der Waals surface area contributed by atoms with Crippen molar-refractivity contribution in [2.45, 2.75) is 38.6 Å². The fourth-order valence-corrected chi connectivity index (χ4v) is 3.29. The van der Waals surface area contributed by atoms with Gasteiger partial charge in [-0.1, -0.05) is 0 Å². The number of likely N-dealkylation sites (tertiary alicyclic amines) is 1. The Hall–Kier alpha value is -2.70. The minimum atomic E-state index is -0.517. The van der Waals surface area contributed by atoms with Crippen molar-refractivity contribution in [3.05, 3.63) is 59.1 Å². The number of carbonyl (C=O) groups is 2. The molecular formula is C20H22F2N2O3. The van der Waals surface area contributed by atoms with Gasteiger partial charge in [-0.3, -0.25) is 9.59 Å². The molecule has 1 aromatic heterocycles. The summed E-state index contributed by atoms with van der Waals surface area (Å²) in [6.07, 6.45) is 3.04. The van der Waals surface area contributed by atoms with E-state index in [0.717, 1.165) is 18.2 Å². The highest BCUT2D eigenvalue weighted by molar-refractivity contribution is 5.95. The van der Waals surface area contributed by atoms with Gasteiger partial charge in [-0.05, 0) is 56.0 Å². The van der Waals surface area contributed by atoms with E-state index in [1.165, 1.54) is 6.26 Å². The molecule has 144 valence electrons. The molecule has 1 aliphatic rings. The molecule has 0 aliphatic carbocycles. The molecule has 7 heteroatoms. The van der Waals surface area contributed by atoms with Crippen molar-refractivity contribution in [1.29, 1.82) is 0 Å². The summed E-state index contributed by atoms with van der Waals surface area (Å²) in [5.41, 5.74) is 0.760. The molecule has 5 nitrogen and oxygen atoms in total. The van der Waals surface area contributed by atoms with Gasteiger partial charge in [-0.2, -0.15) is 0 Å². The van der Waals surface area contributed by atoms with Gasteiger partial charge in [0, 0.05) is 25.6 Å². The largest absolute Gasteiger partial charge is 0.469 e. The lowest BCUT2D eigenvalue weighted by Crippen LogP contribution is -2.46. The Morgan fingerprint density at radius 2 is 1.96 bits per heavy atom. The maximum atomic E-state index is 13.6. The molecule has 1 N–H and O–H groups in total. The number of piperidine rings is 1. The van der Waals surface area contributed by atoms with Gasteiger partial charge in [0.05, 0.1) is 11.8 Å². The molecule has 0 atom stereocenters. The van der Waals surface area contributed by atoms with Gasteiger partial charge < -0.3 is 14.6 Å². The van der Waals surface area contributed by atoms with Crippen LogP contribution < -0.4 is 5.32 Å². The number of benzene rings is 1. The summed E-state index contributed by atoms with van der Waals surface area (Å²) in [4.78, 5) is 26.3. The van der Waals surface area contributed by atoms with E-state index in [1.54, 1.807) is 17.9 Å². The number of carbonyl (C=O) groups excluding carboxylic acids is 2. The lowest BCUT2D eigenvalue weighted by molar-refractivity contribution is -0.122. The molecule has 0 unspecified atom stereocenters. The Balaban J connectivity index is 1.45. The Kier molecular flexibility index (Phi) is 5.88. The molecule has 1 fully saturated rings. The predicted molar refractivity (Wildman–Crippen MR) is 95.2 cm³/mol. The first kappa shape index (κ1) is 19.1. The quantitative estimate of drug-likeness (QED) is 0.872. The molecular weight excluding hydrogens is 354 g/mol. The molecule has 1 aromatic carbocycles. The maximum absolute atomic E-state index is 13.6. The van der Waals surface area contributed by atoms with Crippen molar-refractivity contribution in [2.24, 2.45) is 0 Å². The first-order valence-corrected chi connectivity index (χ1v) is 9.00. The monoisotopic (exact) mass is 376 g/mol. The lowest BCUT2D eigenvalue weighted by atomic mass is 10.0. The van der Waals surface area contributed by atoms with Crippen LogP contribution in [0.1, 0.15) is 40.9 Å². The van der Waals surface area contributed by atoms with E-state index in [1.807, 2.05) is 0 Å². The van der Waals surface area contributed by atoms with Crippen LogP contribution in [0.4, 0.5) is 8.78 Å². The average Bonchev–Trinajstić information content (AvgIpc) is 3.08. The van der Waals surface area contributed by atoms with Crippen LogP contribution in [0.5, 0.6) is 0 Å². The van der Waals surface area contributed by atoms with Crippen molar-refractivity contribution in [2.75, 3.05) is 13.1 Å². The number of furan rings is 1. The molecule has 0 saturated carbocycles. The van der Waals surface area contributed by atoms with Crippen molar-refractivity contribution in [3.63, 3.8) is 0 Å². The topological polar surface area (TPSA) is 62.6 Å². The Labute approximate surface area is 156 Å². The van der Waals surface area contributed by atoms with Crippen molar-refractivity contribution >= 4 is 11.8 Å². The molecule has 0 spiro atoms. The normalized spacial score (nSPS) is 15.0. The van der Waals surface area contributed by atoms with Crippen molar-refractivity contribution in [1.82, 2.24) is 10.2 Å². The average molecular weight is 376 g/mol. The van der Waals surface area contributed by atoms with Gasteiger partial charge >= 0.3 is 0 Å². The highest BCUT2D eigenvalue weighted by Crippen LogP contribution is 2.17. The van der Waals surface area contributed by atoms with E-state index in [9.17, 15) is 18.4 Å². The summed E-state index contributed by atoms with van der Waals surface area (Å²) < 4.78 is 31.9. The van der Waals surface area contributed by atoms with E-state index >= 15 is 0 Å².